The molecule has 1 aliphatic heterocycles. The second-order valence-electron chi connectivity index (χ2n) is 4.12. The summed E-state index contributed by atoms with van der Waals surface area (Å²) in [5.41, 5.74) is 0. The van der Waals surface area contributed by atoms with E-state index in [1.807, 2.05) is 0 Å². The van der Waals surface area contributed by atoms with Gasteiger partial charge in [-0.25, -0.2) is 0 Å². The summed E-state index contributed by atoms with van der Waals surface area (Å²) in [6.45, 7) is 4.16. The molecule has 1 saturated heterocycles. The zero-order valence-electron chi connectivity index (χ0n) is 9.54. The smallest absolute Gasteiger partial charge is 0.0779 e. The first-order chi connectivity index (χ1) is 7.83. The highest BCUT2D eigenvalue weighted by atomic mass is 79.9. The van der Waals surface area contributed by atoms with Crippen LogP contribution >= 0.6 is 27.3 Å². The van der Waals surface area contributed by atoms with Crippen molar-refractivity contribution in [3.05, 3.63) is 20.8 Å². The first kappa shape index (κ1) is 12.6. The van der Waals surface area contributed by atoms with Crippen LogP contribution in [0, 0.1) is 0 Å². The van der Waals surface area contributed by atoms with Gasteiger partial charge in [0.2, 0.25) is 0 Å². The van der Waals surface area contributed by atoms with Crippen LogP contribution in [0.5, 0.6) is 0 Å². The molecule has 2 atom stereocenters. The maximum atomic E-state index is 5.81. The van der Waals surface area contributed by atoms with Crippen molar-refractivity contribution in [3.8, 4) is 0 Å². The van der Waals surface area contributed by atoms with Gasteiger partial charge in [0.15, 0.2) is 0 Å². The lowest BCUT2D eigenvalue weighted by molar-refractivity contribution is 0.0791. The quantitative estimate of drug-likeness (QED) is 0.895. The van der Waals surface area contributed by atoms with E-state index < -0.39 is 0 Å². The van der Waals surface area contributed by atoms with Gasteiger partial charge in [-0.2, -0.15) is 0 Å². The molecule has 16 heavy (non-hydrogen) atoms. The van der Waals surface area contributed by atoms with E-state index in [0.29, 0.717) is 12.1 Å². The summed E-state index contributed by atoms with van der Waals surface area (Å²) in [4.78, 5) is 1.38. The van der Waals surface area contributed by atoms with Crippen LogP contribution < -0.4 is 5.32 Å². The minimum atomic E-state index is 0.349. The van der Waals surface area contributed by atoms with Gasteiger partial charge in [0.05, 0.1) is 12.1 Å². The summed E-state index contributed by atoms with van der Waals surface area (Å²) in [7, 11) is 0. The third-order valence-electron chi connectivity index (χ3n) is 2.88. The maximum Gasteiger partial charge on any atom is 0.0779 e. The van der Waals surface area contributed by atoms with Crippen LogP contribution in [0.4, 0.5) is 0 Å². The summed E-state index contributed by atoms with van der Waals surface area (Å²) in [5, 5.41) is 5.74. The Kier molecular flexibility index (Phi) is 4.82. The van der Waals surface area contributed by atoms with Crippen molar-refractivity contribution in [1.82, 2.24) is 5.32 Å². The number of rotatable bonds is 5. The SMILES string of the molecule is CCCNC(c1sccc1Br)C1CCCO1. The Morgan fingerprint density at radius 3 is 3.12 bits per heavy atom. The van der Waals surface area contributed by atoms with Crippen LogP contribution in [0.2, 0.25) is 0 Å². The van der Waals surface area contributed by atoms with Crippen molar-refractivity contribution in [3.63, 3.8) is 0 Å². The van der Waals surface area contributed by atoms with Gasteiger partial charge in [-0.1, -0.05) is 6.92 Å². The highest BCUT2D eigenvalue weighted by Crippen LogP contribution is 2.35. The number of thiophene rings is 1. The molecule has 0 radical (unpaired) electrons. The fourth-order valence-electron chi connectivity index (χ4n) is 2.09. The van der Waals surface area contributed by atoms with Gasteiger partial charge >= 0.3 is 0 Å². The molecule has 1 aromatic heterocycles. The Labute approximate surface area is 110 Å². The monoisotopic (exact) mass is 303 g/mol. The summed E-state index contributed by atoms with van der Waals surface area (Å²) in [6.07, 6.45) is 3.87. The summed E-state index contributed by atoms with van der Waals surface area (Å²) < 4.78 is 7.02. The predicted molar refractivity (Wildman–Crippen MR) is 72.0 cm³/mol. The van der Waals surface area contributed by atoms with Crippen LogP contribution in [0.15, 0.2) is 15.9 Å². The topological polar surface area (TPSA) is 21.3 Å². The molecule has 2 rings (SSSR count). The molecule has 0 spiro atoms. The van der Waals surface area contributed by atoms with Gasteiger partial charge in [-0.05, 0) is 53.2 Å². The van der Waals surface area contributed by atoms with Gasteiger partial charge < -0.3 is 10.1 Å². The van der Waals surface area contributed by atoms with Gasteiger partial charge in [-0.3, -0.25) is 0 Å². The number of hydrogen-bond acceptors (Lipinski definition) is 3. The third kappa shape index (κ3) is 2.86. The molecule has 0 aromatic carbocycles. The maximum absolute atomic E-state index is 5.81. The highest BCUT2D eigenvalue weighted by molar-refractivity contribution is 9.10. The van der Waals surface area contributed by atoms with Crippen LogP contribution in [0.25, 0.3) is 0 Å². The Balaban J connectivity index is 2.10. The highest BCUT2D eigenvalue weighted by Gasteiger charge is 2.28. The van der Waals surface area contributed by atoms with Crippen LogP contribution in [-0.2, 0) is 4.74 Å². The van der Waals surface area contributed by atoms with Crippen LogP contribution in [-0.4, -0.2) is 19.3 Å². The Morgan fingerprint density at radius 2 is 2.56 bits per heavy atom. The van der Waals surface area contributed by atoms with Crippen molar-refractivity contribution in [2.45, 2.75) is 38.3 Å². The third-order valence-corrected chi connectivity index (χ3v) is 4.83. The fraction of sp³-hybridized carbons (Fsp3) is 0.667. The Morgan fingerprint density at radius 1 is 1.69 bits per heavy atom. The van der Waals surface area contributed by atoms with Crippen molar-refractivity contribution >= 4 is 27.3 Å². The van der Waals surface area contributed by atoms with E-state index >= 15 is 0 Å². The van der Waals surface area contributed by atoms with Gasteiger partial charge in [0.1, 0.15) is 0 Å². The Hall–Kier alpha value is 0.1000. The van der Waals surface area contributed by atoms with Crippen LogP contribution in [0.3, 0.4) is 0 Å². The molecule has 2 nitrogen and oxygen atoms in total. The standard InChI is InChI=1S/C12H18BrNOS/c1-2-6-14-11(10-4-3-7-15-10)12-9(13)5-8-16-12/h5,8,10-11,14H,2-4,6-7H2,1H3. The summed E-state index contributed by atoms with van der Waals surface area (Å²) >= 11 is 5.43. The molecule has 4 heteroatoms. The average molecular weight is 304 g/mol. The zero-order chi connectivity index (χ0) is 11.4. The summed E-state index contributed by atoms with van der Waals surface area (Å²) in [6, 6.07) is 2.48. The molecular weight excluding hydrogens is 286 g/mol. The van der Waals surface area contributed by atoms with E-state index in [0.717, 1.165) is 19.6 Å². The molecule has 0 saturated carbocycles. The molecule has 1 aromatic rings. The number of hydrogen-bond donors (Lipinski definition) is 1. The molecule has 0 aliphatic carbocycles. The second kappa shape index (κ2) is 6.15. The van der Waals surface area contributed by atoms with Gasteiger partial charge in [0, 0.05) is 16.0 Å². The molecule has 1 N–H and O–H groups in total. The molecule has 1 aliphatic rings. The van der Waals surface area contributed by atoms with E-state index in [1.165, 1.54) is 22.2 Å². The molecule has 0 amide bonds. The average Bonchev–Trinajstić information content (AvgIpc) is 2.91. The first-order valence-corrected chi connectivity index (χ1v) is 7.58. The van der Waals surface area contributed by atoms with Crippen molar-refractivity contribution in [2.24, 2.45) is 0 Å². The van der Waals surface area contributed by atoms with E-state index in [-0.39, 0.29) is 0 Å². The molecule has 1 fully saturated rings. The Bertz CT molecular complexity index is 323. The fourth-order valence-corrected chi connectivity index (χ4v) is 3.83. The predicted octanol–water partition coefficient (Wildman–Crippen LogP) is 3.73. The molecule has 90 valence electrons. The van der Waals surface area contributed by atoms with Crippen molar-refractivity contribution < 1.29 is 4.74 Å². The lowest BCUT2D eigenvalue weighted by Crippen LogP contribution is -2.31. The first-order valence-electron chi connectivity index (χ1n) is 5.90. The molecule has 2 heterocycles. The lowest BCUT2D eigenvalue weighted by atomic mass is 10.1. The molecular formula is C12H18BrNOS. The summed E-state index contributed by atoms with van der Waals surface area (Å²) in [5.74, 6) is 0. The lowest BCUT2D eigenvalue weighted by Gasteiger charge is -2.23. The van der Waals surface area contributed by atoms with E-state index in [9.17, 15) is 0 Å². The van der Waals surface area contributed by atoms with E-state index in [4.69, 9.17) is 4.74 Å². The van der Waals surface area contributed by atoms with E-state index in [2.05, 4.69) is 39.6 Å². The van der Waals surface area contributed by atoms with Crippen LogP contribution in [0.1, 0.15) is 37.1 Å². The minimum absolute atomic E-state index is 0.349. The second-order valence-corrected chi connectivity index (χ2v) is 5.92. The number of halogens is 1. The largest absolute Gasteiger partial charge is 0.376 e. The number of nitrogens with one attached hydrogen (secondary N) is 1. The van der Waals surface area contributed by atoms with Crippen molar-refractivity contribution in [1.29, 1.82) is 0 Å². The molecule has 0 bridgehead atoms. The molecule has 2 unspecified atom stereocenters. The van der Waals surface area contributed by atoms with E-state index in [1.54, 1.807) is 11.3 Å². The number of ether oxygens (including phenoxy) is 1. The van der Waals surface area contributed by atoms with Crippen molar-refractivity contribution in [2.75, 3.05) is 13.2 Å². The normalized spacial score (nSPS) is 22.5. The van der Waals surface area contributed by atoms with Gasteiger partial charge in [0.25, 0.3) is 0 Å². The van der Waals surface area contributed by atoms with Gasteiger partial charge in [-0.15, -0.1) is 11.3 Å². The minimum Gasteiger partial charge on any atom is -0.376 e. The zero-order valence-corrected chi connectivity index (χ0v) is 11.9.